The third-order valence-electron chi connectivity index (χ3n) is 5.10. The van der Waals surface area contributed by atoms with E-state index < -0.39 is 56.2 Å². The largest absolute Gasteiger partial charge is 0.507 e. The summed E-state index contributed by atoms with van der Waals surface area (Å²) in [7, 11) is -4.19. The van der Waals surface area contributed by atoms with Crippen molar-refractivity contribution in [3.63, 3.8) is 0 Å². The van der Waals surface area contributed by atoms with Crippen molar-refractivity contribution in [3.8, 4) is 5.75 Å². The van der Waals surface area contributed by atoms with Crippen molar-refractivity contribution < 1.29 is 41.7 Å². The van der Waals surface area contributed by atoms with Gasteiger partial charge in [-0.1, -0.05) is 29.8 Å². The Labute approximate surface area is 199 Å². The van der Waals surface area contributed by atoms with Gasteiger partial charge in [-0.2, -0.15) is 13.2 Å². The van der Waals surface area contributed by atoms with Crippen LogP contribution >= 0.6 is 11.6 Å². The molecule has 0 fully saturated rings. The van der Waals surface area contributed by atoms with Gasteiger partial charge in [-0.05, 0) is 50.1 Å². The van der Waals surface area contributed by atoms with Crippen molar-refractivity contribution in [2.75, 3.05) is 6.54 Å². The van der Waals surface area contributed by atoms with Gasteiger partial charge in [0.1, 0.15) is 5.75 Å². The molecule has 0 saturated carbocycles. The first-order valence-electron chi connectivity index (χ1n) is 9.85. The van der Waals surface area contributed by atoms with Crippen molar-refractivity contribution in [1.29, 1.82) is 0 Å². The van der Waals surface area contributed by atoms with E-state index in [9.17, 15) is 41.7 Å². The molecule has 3 atom stereocenters. The van der Waals surface area contributed by atoms with Crippen LogP contribution in [0.1, 0.15) is 41.4 Å². The SMILES string of the molecule is Cc1c(S(=O)(=O)NC[C@@H](C)O)ccc(C(NC(=O)c2ccccc2O)C(C)(O)C(F)(F)F)c1Cl. The van der Waals surface area contributed by atoms with Crippen LogP contribution in [0.15, 0.2) is 41.3 Å². The molecule has 0 aliphatic heterocycles. The predicted molar refractivity (Wildman–Crippen MR) is 118 cm³/mol. The molecular weight excluding hydrogens is 501 g/mol. The zero-order valence-electron chi connectivity index (χ0n) is 18.3. The Morgan fingerprint density at radius 3 is 2.29 bits per heavy atom. The fraction of sp³-hybridized carbons (Fsp3) is 0.381. The summed E-state index contributed by atoms with van der Waals surface area (Å²) in [6.07, 6.45) is -6.23. The first kappa shape index (κ1) is 27.9. The highest BCUT2D eigenvalue weighted by Gasteiger charge is 2.56. The number of aliphatic hydroxyl groups excluding tert-OH is 1. The number of para-hydroxylation sites is 1. The normalized spacial score (nSPS) is 15.9. The van der Waals surface area contributed by atoms with Crippen LogP contribution in [0.25, 0.3) is 0 Å². The maximum Gasteiger partial charge on any atom is 0.419 e. The van der Waals surface area contributed by atoms with Gasteiger partial charge in [0.25, 0.3) is 5.91 Å². The van der Waals surface area contributed by atoms with E-state index in [0.29, 0.717) is 6.92 Å². The van der Waals surface area contributed by atoms with Gasteiger partial charge in [0.2, 0.25) is 10.0 Å². The van der Waals surface area contributed by atoms with Crippen LogP contribution < -0.4 is 10.0 Å². The molecule has 8 nitrogen and oxygen atoms in total. The number of alkyl halides is 3. The second-order valence-electron chi connectivity index (χ2n) is 7.86. The number of halogens is 4. The molecule has 0 radical (unpaired) electrons. The van der Waals surface area contributed by atoms with E-state index in [2.05, 4.69) is 10.0 Å². The standard InChI is InChI=1S/C21H24ClF3N2O6S/c1-11(28)10-26-34(32,33)16-9-8-14(17(22)12(16)2)18(20(3,31)21(23,24)25)27-19(30)13-6-4-5-7-15(13)29/h4-9,11,18,26,28-29,31H,10H2,1-3H3,(H,27,30)/t11-,18?,20?/m1/s1. The summed E-state index contributed by atoms with van der Waals surface area (Å²) in [4.78, 5) is 12.3. The van der Waals surface area contributed by atoms with Crippen molar-refractivity contribution >= 4 is 27.5 Å². The maximum atomic E-state index is 13.8. The van der Waals surface area contributed by atoms with E-state index in [0.717, 1.165) is 18.2 Å². The van der Waals surface area contributed by atoms with E-state index in [1.165, 1.54) is 32.0 Å². The number of hydrogen-bond donors (Lipinski definition) is 5. The summed E-state index contributed by atoms with van der Waals surface area (Å²) in [5, 5.41) is 31.2. The summed E-state index contributed by atoms with van der Waals surface area (Å²) in [6.45, 7) is 2.71. The molecule has 0 heterocycles. The van der Waals surface area contributed by atoms with E-state index in [1.54, 1.807) is 0 Å². The van der Waals surface area contributed by atoms with Gasteiger partial charge in [0.15, 0.2) is 5.60 Å². The molecule has 0 saturated heterocycles. The fourth-order valence-corrected chi connectivity index (χ4v) is 4.77. The molecule has 2 unspecified atom stereocenters. The Bertz CT molecular complexity index is 1170. The van der Waals surface area contributed by atoms with E-state index in [4.69, 9.17) is 11.6 Å². The molecule has 13 heteroatoms. The average molecular weight is 525 g/mol. The second-order valence-corrected chi connectivity index (χ2v) is 9.98. The molecule has 2 aromatic carbocycles. The quantitative estimate of drug-likeness (QED) is 0.360. The molecule has 1 amide bonds. The highest BCUT2D eigenvalue weighted by molar-refractivity contribution is 7.89. The Hall–Kier alpha value is -2.38. The van der Waals surface area contributed by atoms with Gasteiger partial charge in [-0.15, -0.1) is 0 Å². The Morgan fingerprint density at radius 2 is 1.76 bits per heavy atom. The molecule has 34 heavy (non-hydrogen) atoms. The number of sulfonamides is 1. The molecule has 5 N–H and O–H groups in total. The smallest absolute Gasteiger partial charge is 0.419 e. The molecule has 0 aliphatic carbocycles. The lowest BCUT2D eigenvalue weighted by Gasteiger charge is -2.36. The summed E-state index contributed by atoms with van der Waals surface area (Å²) >= 11 is 6.26. The van der Waals surface area contributed by atoms with Crippen molar-refractivity contribution in [1.82, 2.24) is 10.0 Å². The van der Waals surface area contributed by atoms with Crippen molar-refractivity contribution in [2.24, 2.45) is 0 Å². The highest BCUT2D eigenvalue weighted by atomic mass is 35.5. The Balaban J connectivity index is 2.60. The zero-order chi connectivity index (χ0) is 26.1. The summed E-state index contributed by atoms with van der Waals surface area (Å²) in [5.41, 5.74) is -4.43. The van der Waals surface area contributed by atoms with Gasteiger partial charge in [-0.25, -0.2) is 13.1 Å². The average Bonchev–Trinajstić information content (AvgIpc) is 2.72. The Kier molecular flexibility index (Phi) is 8.26. The lowest BCUT2D eigenvalue weighted by Crippen LogP contribution is -2.53. The third-order valence-corrected chi connectivity index (χ3v) is 7.17. The van der Waals surface area contributed by atoms with Crippen molar-refractivity contribution in [3.05, 3.63) is 58.1 Å². The van der Waals surface area contributed by atoms with Crippen LogP contribution in [0, 0.1) is 6.92 Å². The van der Waals surface area contributed by atoms with Crippen LogP contribution in [0.4, 0.5) is 13.2 Å². The molecule has 0 spiro atoms. The molecule has 188 valence electrons. The minimum Gasteiger partial charge on any atom is -0.507 e. The van der Waals surface area contributed by atoms with Gasteiger partial charge in [-0.3, -0.25) is 4.79 Å². The van der Waals surface area contributed by atoms with Gasteiger partial charge in [0, 0.05) is 6.54 Å². The molecule has 0 aromatic heterocycles. The number of aliphatic hydroxyl groups is 2. The number of benzene rings is 2. The molecule has 2 rings (SSSR count). The first-order chi connectivity index (χ1) is 15.5. The molecular formula is C21H24ClF3N2O6S. The number of amides is 1. The van der Waals surface area contributed by atoms with Gasteiger partial charge >= 0.3 is 6.18 Å². The number of rotatable bonds is 8. The zero-order valence-corrected chi connectivity index (χ0v) is 19.9. The van der Waals surface area contributed by atoms with Crippen LogP contribution in [0.3, 0.4) is 0 Å². The number of carbonyl (C=O) groups is 1. The van der Waals surface area contributed by atoms with Gasteiger partial charge < -0.3 is 20.6 Å². The first-order valence-corrected chi connectivity index (χ1v) is 11.7. The van der Waals surface area contributed by atoms with E-state index in [-0.39, 0.29) is 22.6 Å². The topological polar surface area (TPSA) is 136 Å². The minimum atomic E-state index is -5.23. The highest BCUT2D eigenvalue weighted by Crippen LogP contribution is 2.43. The predicted octanol–water partition coefficient (Wildman–Crippen LogP) is 2.80. The number of carbonyl (C=O) groups excluding carboxylic acids is 1. The summed E-state index contributed by atoms with van der Waals surface area (Å²) in [6, 6.07) is 4.86. The minimum absolute atomic E-state index is 0.142. The molecule has 2 aromatic rings. The number of nitrogens with one attached hydrogen (secondary N) is 2. The molecule has 0 aliphatic rings. The monoisotopic (exact) mass is 524 g/mol. The number of hydrogen-bond acceptors (Lipinski definition) is 6. The fourth-order valence-electron chi connectivity index (χ4n) is 3.07. The van der Waals surface area contributed by atoms with Crippen LogP contribution in [0.5, 0.6) is 5.75 Å². The summed E-state index contributed by atoms with van der Waals surface area (Å²) in [5.74, 6) is -1.63. The number of phenols is 1. The summed E-state index contributed by atoms with van der Waals surface area (Å²) < 4.78 is 68.5. The van der Waals surface area contributed by atoms with Gasteiger partial charge in [0.05, 0.1) is 27.6 Å². The molecule has 0 bridgehead atoms. The number of aromatic hydroxyl groups is 1. The maximum absolute atomic E-state index is 13.8. The van der Waals surface area contributed by atoms with Crippen LogP contribution in [-0.2, 0) is 10.0 Å². The lowest BCUT2D eigenvalue weighted by atomic mass is 9.88. The lowest BCUT2D eigenvalue weighted by molar-refractivity contribution is -0.263. The Morgan fingerprint density at radius 1 is 1.18 bits per heavy atom. The number of phenolic OH excluding ortho intramolecular Hbond substituents is 1. The third kappa shape index (κ3) is 5.81. The van der Waals surface area contributed by atoms with Crippen molar-refractivity contribution in [2.45, 2.75) is 49.6 Å². The second kappa shape index (κ2) is 10.1. The van der Waals surface area contributed by atoms with E-state index >= 15 is 0 Å². The van der Waals surface area contributed by atoms with Crippen LogP contribution in [0.2, 0.25) is 5.02 Å². The van der Waals surface area contributed by atoms with Crippen LogP contribution in [-0.4, -0.2) is 54.1 Å². The van der Waals surface area contributed by atoms with E-state index in [1.807, 2.05) is 0 Å².